The number of hydrogen-bond acceptors (Lipinski definition) is 3. The first-order valence-corrected chi connectivity index (χ1v) is 7.33. The number of thioether (sulfide) groups is 1. The summed E-state index contributed by atoms with van der Waals surface area (Å²) in [6.45, 7) is 8.36. The number of nitrogens with two attached hydrogens (primary N) is 1. The third kappa shape index (κ3) is 5.64. The van der Waals surface area contributed by atoms with E-state index in [1.807, 2.05) is 11.8 Å². The standard InChI is InChI=1S/C12H26N4S/c1-12(2,10-15(3)4)9-14-11(13)16-5-7-17-8-6-16/h5-10H2,1-4H3,(H2,13,14). The zero-order valence-corrected chi connectivity index (χ0v) is 12.4. The Morgan fingerprint density at radius 3 is 2.47 bits per heavy atom. The molecule has 2 N–H and O–H groups in total. The van der Waals surface area contributed by atoms with Gasteiger partial charge in [0.2, 0.25) is 0 Å². The molecule has 0 aromatic carbocycles. The molecule has 1 saturated heterocycles. The van der Waals surface area contributed by atoms with Gasteiger partial charge in [0.05, 0.1) is 0 Å². The maximum absolute atomic E-state index is 6.04. The van der Waals surface area contributed by atoms with E-state index in [0.717, 1.165) is 43.6 Å². The van der Waals surface area contributed by atoms with Gasteiger partial charge in [-0.15, -0.1) is 0 Å². The van der Waals surface area contributed by atoms with Crippen molar-refractivity contribution in [2.75, 3.05) is 51.8 Å². The molecular formula is C12H26N4S. The summed E-state index contributed by atoms with van der Waals surface area (Å²) in [6.07, 6.45) is 0. The zero-order chi connectivity index (χ0) is 12.9. The van der Waals surface area contributed by atoms with Crippen LogP contribution in [-0.2, 0) is 0 Å². The van der Waals surface area contributed by atoms with Gasteiger partial charge in [0.1, 0.15) is 0 Å². The highest BCUT2D eigenvalue weighted by molar-refractivity contribution is 7.99. The molecule has 0 aromatic rings. The maximum atomic E-state index is 6.04. The minimum absolute atomic E-state index is 0.179. The Morgan fingerprint density at radius 1 is 1.35 bits per heavy atom. The molecule has 0 saturated carbocycles. The molecule has 1 aliphatic rings. The van der Waals surface area contributed by atoms with Crippen LogP contribution in [0.4, 0.5) is 0 Å². The molecule has 4 nitrogen and oxygen atoms in total. The molecule has 0 aromatic heterocycles. The number of hydrogen-bond donors (Lipinski definition) is 1. The summed E-state index contributed by atoms with van der Waals surface area (Å²) in [5.74, 6) is 3.05. The second-order valence-corrected chi connectivity index (χ2v) is 6.90. The second kappa shape index (κ2) is 6.50. The van der Waals surface area contributed by atoms with Crippen LogP contribution in [0.3, 0.4) is 0 Å². The summed E-state index contributed by atoms with van der Waals surface area (Å²) in [4.78, 5) is 8.95. The first-order chi connectivity index (χ1) is 7.91. The summed E-state index contributed by atoms with van der Waals surface area (Å²) >= 11 is 1.99. The van der Waals surface area contributed by atoms with E-state index in [4.69, 9.17) is 5.73 Å². The Bertz CT molecular complexity index is 257. The summed E-state index contributed by atoms with van der Waals surface area (Å²) < 4.78 is 0. The first kappa shape index (κ1) is 14.6. The van der Waals surface area contributed by atoms with Crippen LogP contribution in [0.5, 0.6) is 0 Å². The van der Waals surface area contributed by atoms with Gasteiger partial charge in [0.25, 0.3) is 0 Å². The highest BCUT2D eigenvalue weighted by Crippen LogP contribution is 2.16. The number of guanidine groups is 1. The van der Waals surface area contributed by atoms with E-state index in [-0.39, 0.29) is 5.41 Å². The van der Waals surface area contributed by atoms with E-state index in [1.54, 1.807) is 0 Å². The molecule has 1 aliphatic heterocycles. The lowest BCUT2D eigenvalue weighted by molar-refractivity contribution is 0.248. The Morgan fingerprint density at radius 2 is 1.94 bits per heavy atom. The monoisotopic (exact) mass is 258 g/mol. The fourth-order valence-corrected chi connectivity index (χ4v) is 3.00. The summed E-state index contributed by atoms with van der Waals surface area (Å²) in [6, 6.07) is 0. The van der Waals surface area contributed by atoms with Crippen molar-refractivity contribution in [1.82, 2.24) is 9.80 Å². The quantitative estimate of drug-likeness (QED) is 0.602. The molecule has 0 unspecified atom stereocenters. The third-order valence-corrected chi connectivity index (χ3v) is 3.69. The molecule has 100 valence electrons. The van der Waals surface area contributed by atoms with Gasteiger partial charge in [0.15, 0.2) is 5.96 Å². The molecule has 0 amide bonds. The average molecular weight is 258 g/mol. The molecule has 5 heteroatoms. The van der Waals surface area contributed by atoms with Crippen LogP contribution in [0.15, 0.2) is 4.99 Å². The highest BCUT2D eigenvalue weighted by Gasteiger charge is 2.19. The average Bonchev–Trinajstić information content (AvgIpc) is 2.25. The van der Waals surface area contributed by atoms with Crippen molar-refractivity contribution in [3.63, 3.8) is 0 Å². The van der Waals surface area contributed by atoms with Gasteiger partial charge in [-0.3, -0.25) is 4.99 Å². The van der Waals surface area contributed by atoms with Gasteiger partial charge in [0, 0.05) is 37.7 Å². The summed E-state index contributed by atoms with van der Waals surface area (Å²) in [7, 11) is 4.19. The highest BCUT2D eigenvalue weighted by atomic mass is 32.2. The van der Waals surface area contributed by atoms with Gasteiger partial charge >= 0.3 is 0 Å². The minimum Gasteiger partial charge on any atom is -0.370 e. The second-order valence-electron chi connectivity index (χ2n) is 5.68. The molecule has 0 atom stereocenters. The predicted molar refractivity (Wildman–Crippen MR) is 77.7 cm³/mol. The molecule has 0 radical (unpaired) electrons. The fraction of sp³-hybridized carbons (Fsp3) is 0.917. The van der Waals surface area contributed by atoms with Crippen LogP contribution in [0.2, 0.25) is 0 Å². The van der Waals surface area contributed by atoms with Crippen molar-refractivity contribution in [3.8, 4) is 0 Å². The van der Waals surface area contributed by atoms with Crippen molar-refractivity contribution >= 4 is 17.7 Å². The Kier molecular flexibility index (Phi) is 5.59. The van der Waals surface area contributed by atoms with Crippen LogP contribution < -0.4 is 5.73 Å². The van der Waals surface area contributed by atoms with Gasteiger partial charge in [-0.05, 0) is 19.5 Å². The van der Waals surface area contributed by atoms with Crippen LogP contribution in [-0.4, -0.2) is 67.5 Å². The lowest BCUT2D eigenvalue weighted by Crippen LogP contribution is -2.43. The molecule has 1 rings (SSSR count). The third-order valence-electron chi connectivity index (χ3n) is 2.75. The van der Waals surface area contributed by atoms with Gasteiger partial charge < -0.3 is 15.5 Å². The Balaban J connectivity index is 2.45. The molecule has 1 fully saturated rings. The number of aliphatic imine (C=N–C) groups is 1. The number of nitrogens with zero attached hydrogens (tertiary/aromatic N) is 3. The Labute approximate surface area is 110 Å². The van der Waals surface area contributed by atoms with Gasteiger partial charge in [-0.2, -0.15) is 11.8 Å². The van der Waals surface area contributed by atoms with Gasteiger partial charge in [-0.1, -0.05) is 13.8 Å². The fourth-order valence-electron chi connectivity index (χ4n) is 2.09. The molecule has 0 bridgehead atoms. The normalized spacial score (nSPS) is 18.9. The van der Waals surface area contributed by atoms with Crippen molar-refractivity contribution in [2.45, 2.75) is 13.8 Å². The van der Waals surface area contributed by atoms with Crippen molar-refractivity contribution in [3.05, 3.63) is 0 Å². The molecule has 0 spiro atoms. The molecule has 1 heterocycles. The van der Waals surface area contributed by atoms with E-state index >= 15 is 0 Å². The largest absolute Gasteiger partial charge is 0.370 e. The lowest BCUT2D eigenvalue weighted by atomic mass is 9.93. The van der Waals surface area contributed by atoms with Gasteiger partial charge in [-0.25, -0.2) is 0 Å². The van der Waals surface area contributed by atoms with Crippen LogP contribution in [0.25, 0.3) is 0 Å². The smallest absolute Gasteiger partial charge is 0.191 e. The SMILES string of the molecule is CN(C)CC(C)(C)CN=C(N)N1CCSCC1. The number of rotatable bonds is 4. The molecule has 0 aliphatic carbocycles. The van der Waals surface area contributed by atoms with Crippen LogP contribution in [0.1, 0.15) is 13.8 Å². The van der Waals surface area contributed by atoms with Crippen LogP contribution in [0, 0.1) is 5.41 Å². The van der Waals surface area contributed by atoms with E-state index in [9.17, 15) is 0 Å². The van der Waals surface area contributed by atoms with Crippen molar-refractivity contribution in [1.29, 1.82) is 0 Å². The van der Waals surface area contributed by atoms with Crippen molar-refractivity contribution in [2.24, 2.45) is 16.1 Å². The van der Waals surface area contributed by atoms with E-state index in [1.165, 1.54) is 0 Å². The zero-order valence-electron chi connectivity index (χ0n) is 11.6. The van der Waals surface area contributed by atoms with E-state index < -0.39 is 0 Å². The molecular weight excluding hydrogens is 232 g/mol. The maximum Gasteiger partial charge on any atom is 0.191 e. The minimum atomic E-state index is 0.179. The molecule has 17 heavy (non-hydrogen) atoms. The van der Waals surface area contributed by atoms with E-state index in [0.29, 0.717) is 0 Å². The van der Waals surface area contributed by atoms with Crippen molar-refractivity contribution < 1.29 is 0 Å². The first-order valence-electron chi connectivity index (χ1n) is 6.18. The van der Waals surface area contributed by atoms with E-state index in [2.05, 4.69) is 42.7 Å². The predicted octanol–water partition coefficient (Wildman–Crippen LogP) is 0.938. The Hall–Kier alpha value is -0.420. The summed E-state index contributed by atoms with van der Waals surface area (Å²) in [5, 5.41) is 0. The lowest BCUT2D eigenvalue weighted by Gasteiger charge is -2.29. The summed E-state index contributed by atoms with van der Waals surface area (Å²) in [5.41, 5.74) is 6.22. The van der Waals surface area contributed by atoms with Crippen LogP contribution >= 0.6 is 11.8 Å². The topological polar surface area (TPSA) is 44.9 Å².